The number of hydrogen-bond acceptors (Lipinski definition) is 3. The second kappa shape index (κ2) is 6.51. The van der Waals surface area contributed by atoms with Gasteiger partial charge in [-0.3, -0.25) is 0 Å². The molecule has 0 fully saturated rings. The Balaban J connectivity index is 2.43. The first-order chi connectivity index (χ1) is 7.63. The Kier molecular flexibility index (Phi) is 5.29. The van der Waals surface area contributed by atoms with Crippen molar-refractivity contribution in [3.63, 3.8) is 0 Å². The van der Waals surface area contributed by atoms with E-state index in [0.29, 0.717) is 19.1 Å². The Morgan fingerprint density at radius 3 is 2.25 bits per heavy atom. The van der Waals surface area contributed by atoms with E-state index in [1.54, 1.807) is 7.11 Å². The van der Waals surface area contributed by atoms with Crippen LogP contribution >= 0.6 is 0 Å². The molecule has 3 heteroatoms. The highest BCUT2D eigenvalue weighted by Crippen LogP contribution is 2.18. The van der Waals surface area contributed by atoms with Gasteiger partial charge in [-0.2, -0.15) is 0 Å². The van der Waals surface area contributed by atoms with Crippen molar-refractivity contribution in [2.45, 2.75) is 25.8 Å². The van der Waals surface area contributed by atoms with Crippen LogP contribution in [0.15, 0.2) is 24.3 Å². The summed E-state index contributed by atoms with van der Waals surface area (Å²) in [6.45, 7) is 5.34. The minimum Gasteiger partial charge on any atom is -0.492 e. The number of benzene rings is 1. The normalized spacial score (nSPS) is 12.8. The molecule has 1 atom stereocenters. The smallest absolute Gasteiger partial charge is 0.119 e. The van der Waals surface area contributed by atoms with Crippen LogP contribution in [0.4, 0.5) is 0 Å². The first-order valence-corrected chi connectivity index (χ1v) is 5.60. The average Bonchev–Trinajstić information content (AvgIpc) is 2.27. The molecule has 2 N–H and O–H groups in total. The van der Waals surface area contributed by atoms with Crippen molar-refractivity contribution in [3.05, 3.63) is 29.8 Å². The first kappa shape index (κ1) is 13.0. The molecule has 90 valence electrons. The standard InChI is InChI=1S/C13H21NO2/c1-10(2)11-4-6-13(7-5-11)16-9-12(14)8-15-3/h4-7,10,12H,8-9,14H2,1-3H3. The molecule has 0 radical (unpaired) electrons. The van der Waals surface area contributed by atoms with Crippen molar-refractivity contribution in [3.8, 4) is 5.75 Å². The molecule has 16 heavy (non-hydrogen) atoms. The third kappa shape index (κ3) is 4.21. The van der Waals surface area contributed by atoms with Crippen LogP contribution in [0.2, 0.25) is 0 Å². The van der Waals surface area contributed by atoms with Gasteiger partial charge in [-0.15, -0.1) is 0 Å². The fraction of sp³-hybridized carbons (Fsp3) is 0.538. The van der Waals surface area contributed by atoms with Gasteiger partial charge < -0.3 is 15.2 Å². The molecule has 1 rings (SSSR count). The Hall–Kier alpha value is -1.06. The fourth-order valence-corrected chi connectivity index (χ4v) is 1.41. The van der Waals surface area contributed by atoms with Crippen LogP contribution in [-0.2, 0) is 4.74 Å². The van der Waals surface area contributed by atoms with E-state index in [-0.39, 0.29) is 6.04 Å². The summed E-state index contributed by atoms with van der Waals surface area (Å²) in [5, 5.41) is 0. The Labute approximate surface area is 97.6 Å². The van der Waals surface area contributed by atoms with Gasteiger partial charge in [0.25, 0.3) is 0 Å². The van der Waals surface area contributed by atoms with Gasteiger partial charge in [-0.1, -0.05) is 26.0 Å². The van der Waals surface area contributed by atoms with Gasteiger partial charge in [-0.05, 0) is 23.6 Å². The molecule has 0 saturated carbocycles. The van der Waals surface area contributed by atoms with Crippen LogP contribution in [0.1, 0.15) is 25.3 Å². The lowest BCUT2D eigenvalue weighted by Crippen LogP contribution is -2.32. The van der Waals surface area contributed by atoms with Crippen LogP contribution in [0.3, 0.4) is 0 Å². The van der Waals surface area contributed by atoms with E-state index in [0.717, 1.165) is 5.75 Å². The predicted molar refractivity (Wildman–Crippen MR) is 65.9 cm³/mol. The van der Waals surface area contributed by atoms with E-state index >= 15 is 0 Å². The molecule has 0 amide bonds. The average molecular weight is 223 g/mol. The van der Waals surface area contributed by atoms with Gasteiger partial charge in [0.05, 0.1) is 12.6 Å². The van der Waals surface area contributed by atoms with Gasteiger partial charge in [-0.25, -0.2) is 0 Å². The molecule has 0 spiro atoms. The van der Waals surface area contributed by atoms with Crippen molar-refractivity contribution in [1.29, 1.82) is 0 Å². The highest BCUT2D eigenvalue weighted by atomic mass is 16.5. The number of nitrogens with two attached hydrogens (primary N) is 1. The molecular formula is C13H21NO2. The van der Waals surface area contributed by atoms with Gasteiger partial charge >= 0.3 is 0 Å². The SMILES string of the molecule is COCC(N)COc1ccc(C(C)C)cc1. The number of hydrogen-bond donors (Lipinski definition) is 1. The zero-order valence-electron chi connectivity index (χ0n) is 10.3. The number of rotatable bonds is 6. The molecule has 1 aromatic carbocycles. The van der Waals surface area contributed by atoms with E-state index in [2.05, 4.69) is 26.0 Å². The molecule has 0 heterocycles. The third-order valence-electron chi connectivity index (χ3n) is 2.39. The highest BCUT2D eigenvalue weighted by Gasteiger charge is 2.03. The van der Waals surface area contributed by atoms with Crippen LogP contribution in [0.25, 0.3) is 0 Å². The Morgan fingerprint density at radius 2 is 1.75 bits per heavy atom. The zero-order chi connectivity index (χ0) is 12.0. The maximum Gasteiger partial charge on any atom is 0.119 e. The molecule has 0 saturated heterocycles. The fourth-order valence-electron chi connectivity index (χ4n) is 1.41. The second-order valence-corrected chi connectivity index (χ2v) is 4.25. The second-order valence-electron chi connectivity index (χ2n) is 4.25. The molecule has 0 aliphatic carbocycles. The maximum atomic E-state index is 5.76. The van der Waals surface area contributed by atoms with E-state index < -0.39 is 0 Å². The van der Waals surface area contributed by atoms with Crippen LogP contribution in [0, 0.1) is 0 Å². The van der Waals surface area contributed by atoms with E-state index in [4.69, 9.17) is 15.2 Å². The maximum absolute atomic E-state index is 5.76. The molecule has 0 aromatic heterocycles. The van der Waals surface area contributed by atoms with E-state index in [1.807, 2.05) is 12.1 Å². The van der Waals surface area contributed by atoms with Crippen LogP contribution in [0.5, 0.6) is 5.75 Å². The minimum absolute atomic E-state index is 0.0743. The first-order valence-electron chi connectivity index (χ1n) is 5.60. The van der Waals surface area contributed by atoms with Crippen molar-refractivity contribution >= 4 is 0 Å². The summed E-state index contributed by atoms with van der Waals surface area (Å²) in [6.07, 6.45) is 0. The lowest BCUT2D eigenvalue weighted by molar-refractivity contribution is 0.152. The summed E-state index contributed by atoms with van der Waals surface area (Å²) >= 11 is 0. The monoisotopic (exact) mass is 223 g/mol. The van der Waals surface area contributed by atoms with Gasteiger partial charge in [0.2, 0.25) is 0 Å². The summed E-state index contributed by atoms with van der Waals surface area (Å²) in [5.74, 6) is 1.40. The Morgan fingerprint density at radius 1 is 1.12 bits per heavy atom. The molecule has 0 bridgehead atoms. The quantitative estimate of drug-likeness (QED) is 0.803. The molecular weight excluding hydrogens is 202 g/mol. The van der Waals surface area contributed by atoms with Gasteiger partial charge in [0, 0.05) is 7.11 Å². The summed E-state index contributed by atoms with van der Waals surface area (Å²) in [6, 6.07) is 8.06. The number of ether oxygens (including phenoxy) is 2. The summed E-state index contributed by atoms with van der Waals surface area (Å²) in [5.41, 5.74) is 7.07. The predicted octanol–water partition coefficient (Wildman–Crippen LogP) is 2.16. The van der Waals surface area contributed by atoms with Crippen molar-refractivity contribution < 1.29 is 9.47 Å². The van der Waals surface area contributed by atoms with Gasteiger partial charge in [0.15, 0.2) is 0 Å². The van der Waals surface area contributed by atoms with E-state index in [9.17, 15) is 0 Å². The van der Waals surface area contributed by atoms with Crippen molar-refractivity contribution in [2.24, 2.45) is 5.73 Å². The molecule has 1 unspecified atom stereocenters. The molecule has 3 nitrogen and oxygen atoms in total. The van der Waals surface area contributed by atoms with E-state index in [1.165, 1.54) is 5.56 Å². The third-order valence-corrected chi connectivity index (χ3v) is 2.39. The summed E-state index contributed by atoms with van der Waals surface area (Å²) < 4.78 is 10.5. The highest BCUT2D eigenvalue weighted by molar-refractivity contribution is 5.28. The largest absolute Gasteiger partial charge is 0.492 e. The topological polar surface area (TPSA) is 44.5 Å². The van der Waals surface area contributed by atoms with Crippen LogP contribution in [-0.4, -0.2) is 26.4 Å². The number of methoxy groups -OCH3 is 1. The molecule has 0 aliphatic rings. The van der Waals surface area contributed by atoms with Crippen LogP contribution < -0.4 is 10.5 Å². The van der Waals surface area contributed by atoms with Gasteiger partial charge in [0.1, 0.15) is 12.4 Å². The molecule has 1 aromatic rings. The zero-order valence-corrected chi connectivity index (χ0v) is 10.3. The minimum atomic E-state index is -0.0743. The van der Waals surface area contributed by atoms with Crippen molar-refractivity contribution in [2.75, 3.05) is 20.3 Å². The summed E-state index contributed by atoms with van der Waals surface area (Å²) in [4.78, 5) is 0. The van der Waals surface area contributed by atoms with Crippen molar-refractivity contribution in [1.82, 2.24) is 0 Å². The Bertz CT molecular complexity index is 295. The lowest BCUT2D eigenvalue weighted by atomic mass is 10.0. The molecule has 0 aliphatic heterocycles. The summed E-state index contributed by atoms with van der Waals surface area (Å²) in [7, 11) is 1.64. The lowest BCUT2D eigenvalue weighted by Gasteiger charge is -2.13.